The van der Waals surface area contributed by atoms with Crippen molar-refractivity contribution in [3.63, 3.8) is 0 Å². The van der Waals surface area contributed by atoms with Crippen LogP contribution in [-0.2, 0) is 6.42 Å². The average Bonchev–Trinajstić information content (AvgIpc) is 3.06. The van der Waals surface area contributed by atoms with Crippen LogP contribution in [0.5, 0.6) is 0 Å². The smallest absolute Gasteiger partial charge is 0.267 e. The van der Waals surface area contributed by atoms with Gasteiger partial charge in [-0.15, -0.1) is 16.7 Å². The van der Waals surface area contributed by atoms with Crippen LogP contribution in [0.1, 0.15) is 41.6 Å². The molecule has 0 atom stereocenters. The molecule has 6 heteroatoms. The number of rotatable bonds is 6. The molecule has 1 saturated carbocycles. The molecule has 1 fully saturated rings. The third-order valence-corrected chi connectivity index (χ3v) is 3.74. The lowest BCUT2D eigenvalue weighted by Gasteiger charge is -2.20. The van der Waals surface area contributed by atoms with E-state index in [2.05, 4.69) is 16.5 Å². The Morgan fingerprint density at radius 2 is 2.35 bits per heavy atom. The van der Waals surface area contributed by atoms with E-state index < -0.39 is 0 Å². The first-order valence-corrected chi connectivity index (χ1v) is 7.26. The molecule has 0 aliphatic heterocycles. The molecule has 1 aliphatic rings. The quantitative estimate of drug-likeness (QED) is 0.748. The Labute approximate surface area is 110 Å². The van der Waals surface area contributed by atoms with Crippen LogP contribution in [0.3, 0.4) is 0 Å². The van der Waals surface area contributed by atoms with Crippen LogP contribution in [0.4, 0.5) is 0 Å². The van der Waals surface area contributed by atoms with Gasteiger partial charge in [-0.3, -0.25) is 4.79 Å². The van der Waals surface area contributed by atoms with Crippen molar-refractivity contribution in [1.82, 2.24) is 14.5 Å². The molecule has 4 nitrogen and oxygen atoms in total. The number of amides is 1. The predicted molar refractivity (Wildman–Crippen MR) is 68.7 cm³/mol. The minimum absolute atomic E-state index is 0.0617. The summed E-state index contributed by atoms with van der Waals surface area (Å²) in [4.78, 5) is 14.9. The minimum Gasteiger partial charge on any atom is -0.334 e. The molecule has 1 aromatic heterocycles. The van der Waals surface area contributed by atoms with Gasteiger partial charge in [-0.2, -0.15) is 0 Å². The number of nitrogens with zero attached hydrogens (tertiary/aromatic N) is 3. The lowest BCUT2D eigenvalue weighted by molar-refractivity contribution is 0.0757. The molecule has 1 aliphatic carbocycles. The SMILES string of the molecule is CCCc1nnsc1C(=O)N(CCCl)C1CC1. The van der Waals surface area contributed by atoms with Crippen LogP contribution in [-0.4, -0.2) is 38.9 Å². The van der Waals surface area contributed by atoms with Crippen molar-refractivity contribution in [3.05, 3.63) is 10.6 Å². The highest BCUT2D eigenvalue weighted by Crippen LogP contribution is 2.29. The number of hydrogen-bond acceptors (Lipinski definition) is 4. The summed E-state index contributed by atoms with van der Waals surface area (Å²) in [5.41, 5.74) is 0.836. The van der Waals surface area contributed by atoms with E-state index in [-0.39, 0.29) is 5.91 Å². The van der Waals surface area contributed by atoms with Gasteiger partial charge in [0.15, 0.2) is 0 Å². The number of carbonyl (C=O) groups is 1. The number of hydrogen-bond donors (Lipinski definition) is 0. The van der Waals surface area contributed by atoms with Crippen molar-refractivity contribution >= 4 is 29.0 Å². The molecule has 0 spiro atoms. The van der Waals surface area contributed by atoms with Gasteiger partial charge in [-0.1, -0.05) is 17.8 Å². The largest absolute Gasteiger partial charge is 0.334 e. The molecule has 0 bridgehead atoms. The van der Waals surface area contributed by atoms with Crippen LogP contribution in [0.2, 0.25) is 0 Å². The van der Waals surface area contributed by atoms with Gasteiger partial charge in [0.25, 0.3) is 5.91 Å². The van der Waals surface area contributed by atoms with Gasteiger partial charge >= 0.3 is 0 Å². The summed E-state index contributed by atoms with van der Waals surface area (Å²) >= 11 is 6.95. The Kier molecular flexibility index (Phi) is 4.34. The summed E-state index contributed by atoms with van der Waals surface area (Å²) in [6.45, 7) is 2.69. The molecular weight excluding hydrogens is 258 g/mol. The molecule has 0 N–H and O–H groups in total. The summed E-state index contributed by atoms with van der Waals surface area (Å²) in [5.74, 6) is 0.545. The third kappa shape index (κ3) is 2.96. The molecule has 1 heterocycles. The number of aromatic nitrogens is 2. The van der Waals surface area contributed by atoms with Crippen molar-refractivity contribution in [2.45, 2.75) is 38.6 Å². The highest BCUT2D eigenvalue weighted by atomic mass is 35.5. The van der Waals surface area contributed by atoms with E-state index in [0.717, 1.165) is 31.4 Å². The summed E-state index contributed by atoms with van der Waals surface area (Å²) < 4.78 is 3.90. The average molecular weight is 274 g/mol. The first-order chi connectivity index (χ1) is 8.27. The first-order valence-electron chi connectivity index (χ1n) is 5.96. The molecule has 17 heavy (non-hydrogen) atoms. The maximum Gasteiger partial charge on any atom is 0.267 e. The number of aryl methyl sites for hydroxylation is 1. The molecule has 0 radical (unpaired) electrons. The van der Waals surface area contributed by atoms with Crippen LogP contribution < -0.4 is 0 Å². The number of carbonyl (C=O) groups excluding carboxylic acids is 1. The molecule has 0 unspecified atom stereocenters. The zero-order chi connectivity index (χ0) is 12.3. The molecule has 0 saturated heterocycles. The Hall–Kier alpha value is -0.680. The van der Waals surface area contributed by atoms with Crippen molar-refractivity contribution in [3.8, 4) is 0 Å². The topological polar surface area (TPSA) is 46.1 Å². The fourth-order valence-electron chi connectivity index (χ4n) is 1.83. The Bertz CT molecular complexity index is 392. The van der Waals surface area contributed by atoms with Crippen LogP contribution >= 0.6 is 23.1 Å². The molecule has 94 valence electrons. The summed E-state index contributed by atoms with van der Waals surface area (Å²) in [6, 6.07) is 0.387. The predicted octanol–water partition coefficient (Wildman–Crippen LogP) is 2.33. The number of alkyl halides is 1. The van der Waals surface area contributed by atoms with E-state index in [1.807, 2.05) is 4.90 Å². The fourth-order valence-corrected chi connectivity index (χ4v) is 2.68. The van der Waals surface area contributed by atoms with Gasteiger partial charge in [0.1, 0.15) is 4.88 Å². The van der Waals surface area contributed by atoms with Crippen LogP contribution in [0.15, 0.2) is 0 Å². The lowest BCUT2D eigenvalue weighted by atomic mass is 10.2. The normalized spacial score (nSPS) is 14.9. The van der Waals surface area contributed by atoms with Gasteiger partial charge in [0.05, 0.1) is 5.69 Å². The third-order valence-electron chi connectivity index (χ3n) is 2.81. The van der Waals surface area contributed by atoms with E-state index in [1.165, 1.54) is 11.5 Å². The monoisotopic (exact) mass is 273 g/mol. The lowest BCUT2D eigenvalue weighted by Crippen LogP contribution is -2.34. The van der Waals surface area contributed by atoms with Crippen molar-refractivity contribution in [2.24, 2.45) is 0 Å². The van der Waals surface area contributed by atoms with Crippen LogP contribution in [0.25, 0.3) is 0 Å². The van der Waals surface area contributed by atoms with E-state index in [0.29, 0.717) is 23.3 Å². The highest BCUT2D eigenvalue weighted by Gasteiger charge is 2.34. The molecular formula is C11H16ClN3OS. The Morgan fingerprint density at radius 3 is 2.94 bits per heavy atom. The summed E-state index contributed by atoms with van der Waals surface area (Å²) in [7, 11) is 0. The van der Waals surface area contributed by atoms with Crippen LogP contribution in [0, 0.1) is 0 Å². The molecule has 0 aromatic carbocycles. The second-order valence-electron chi connectivity index (χ2n) is 4.22. The number of halogens is 1. The van der Waals surface area contributed by atoms with Gasteiger partial charge in [-0.05, 0) is 30.8 Å². The molecule has 1 aromatic rings. The maximum absolute atomic E-state index is 12.4. The maximum atomic E-state index is 12.4. The standard InChI is InChI=1S/C11H16ClN3OS/c1-2-3-9-10(17-14-13-9)11(16)15(7-6-12)8-4-5-8/h8H,2-7H2,1H3. The second kappa shape index (κ2) is 5.78. The van der Waals surface area contributed by atoms with Crippen molar-refractivity contribution < 1.29 is 4.79 Å². The van der Waals surface area contributed by atoms with Crippen molar-refractivity contribution in [1.29, 1.82) is 0 Å². The van der Waals surface area contributed by atoms with Crippen molar-refractivity contribution in [2.75, 3.05) is 12.4 Å². The van der Waals surface area contributed by atoms with E-state index in [4.69, 9.17) is 11.6 Å². The van der Waals surface area contributed by atoms with Gasteiger partial charge in [0, 0.05) is 18.5 Å². The highest BCUT2D eigenvalue weighted by molar-refractivity contribution is 7.08. The molecule has 1 amide bonds. The molecule has 2 rings (SSSR count). The van der Waals surface area contributed by atoms with E-state index >= 15 is 0 Å². The minimum atomic E-state index is 0.0617. The summed E-state index contributed by atoms with van der Waals surface area (Å²) in [6.07, 6.45) is 3.98. The second-order valence-corrected chi connectivity index (χ2v) is 5.35. The first kappa shape index (κ1) is 12.8. The Morgan fingerprint density at radius 1 is 1.59 bits per heavy atom. The van der Waals surface area contributed by atoms with E-state index in [1.54, 1.807) is 0 Å². The summed E-state index contributed by atoms with van der Waals surface area (Å²) in [5, 5.41) is 4.04. The van der Waals surface area contributed by atoms with E-state index in [9.17, 15) is 4.79 Å². The zero-order valence-corrected chi connectivity index (χ0v) is 11.4. The fraction of sp³-hybridized carbons (Fsp3) is 0.727. The van der Waals surface area contributed by atoms with Gasteiger partial charge < -0.3 is 4.90 Å². The van der Waals surface area contributed by atoms with Gasteiger partial charge in [-0.25, -0.2) is 0 Å². The Balaban J connectivity index is 2.13. The van der Waals surface area contributed by atoms with Gasteiger partial charge in [0.2, 0.25) is 0 Å². The zero-order valence-electron chi connectivity index (χ0n) is 9.86.